The van der Waals surface area contributed by atoms with Crippen molar-refractivity contribution in [2.45, 2.75) is 32.6 Å². The molecular weight excluding hydrogens is 362 g/mol. The molecule has 3 heteroatoms. The molecule has 0 bridgehead atoms. The molecule has 0 unspecified atom stereocenters. The van der Waals surface area contributed by atoms with E-state index < -0.39 is 0 Å². The predicted octanol–water partition coefficient (Wildman–Crippen LogP) is 5.75. The highest BCUT2D eigenvalue weighted by molar-refractivity contribution is 7.99. The minimum absolute atomic E-state index is 0.0616. The third-order valence-corrected chi connectivity index (χ3v) is 5.72. The van der Waals surface area contributed by atoms with Crippen molar-refractivity contribution in [1.82, 2.24) is 5.32 Å². The van der Waals surface area contributed by atoms with Crippen LogP contribution in [0.5, 0.6) is 0 Å². The molecule has 28 heavy (non-hydrogen) atoms. The SMILES string of the molecule is Cc1cc(C)cc(CSCC(=O)N[C@@H](c2ccccc2)c2ccccc2C)c1. The monoisotopic (exact) mass is 389 g/mol. The molecular formula is C25H27NOS. The molecule has 1 amide bonds. The van der Waals surface area contributed by atoms with Crippen LogP contribution in [0.4, 0.5) is 0 Å². The van der Waals surface area contributed by atoms with Crippen molar-refractivity contribution in [2.75, 3.05) is 5.75 Å². The average Bonchev–Trinajstić information content (AvgIpc) is 2.67. The Hall–Kier alpha value is -2.52. The Kier molecular flexibility index (Phi) is 6.94. The molecule has 0 fully saturated rings. The van der Waals surface area contributed by atoms with Crippen LogP contribution < -0.4 is 5.32 Å². The minimum Gasteiger partial charge on any atom is -0.344 e. The maximum Gasteiger partial charge on any atom is 0.230 e. The van der Waals surface area contributed by atoms with Gasteiger partial charge in [-0.1, -0.05) is 83.9 Å². The van der Waals surface area contributed by atoms with E-state index in [1.54, 1.807) is 11.8 Å². The van der Waals surface area contributed by atoms with E-state index in [2.05, 4.69) is 68.6 Å². The number of amides is 1. The smallest absolute Gasteiger partial charge is 0.230 e. The van der Waals surface area contributed by atoms with E-state index in [4.69, 9.17) is 0 Å². The maximum atomic E-state index is 12.7. The van der Waals surface area contributed by atoms with Crippen molar-refractivity contribution >= 4 is 17.7 Å². The standard InChI is InChI=1S/C25H27NOS/c1-18-13-19(2)15-21(14-18)16-28-17-24(27)26-25(22-10-5-4-6-11-22)23-12-8-7-9-20(23)3/h4-15,25H,16-17H2,1-3H3,(H,26,27)/t25-/m0/s1. The van der Waals surface area contributed by atoms with Gasteiger partial charge in [0.05, 0.1) is 11.8 Å². The van der Waals surface area contributed by atoms with Crippen LogP contribution in [0.25, 0.3) is 0 Å². The number of hydrogen-bond donors (Lipinski definition) is 1. The quantitative estimate of drug-likeness (QED) is 0.557. The molecule has 0 saturated carbocycles. The number of carbonyl (C=O) groups excluding carboxylic acids is 1. The number of nitrogens with one attached hydrogen (secondary N) is 1. The second-order valence-electron chi connectivity index (χ2n) is 7.26. The summed E-state index contributed by atoms with van der Waals surface area (Å²) in [5.74, 6) is 1.35. The Balaban J connectivity index is 1.67. The summed E-state index contributed by atoms with van der Waals surface area (Å²) >= 11 is 1.66. The highest BCUT2D eigenvalue weighted by Gasteiger charge is 2.18. The Labute approximate surface area is 172 Å². The van der Waals surface area contributed by atoms with Crippen LogP contribution in [0.1, 0.15) is 39.4 Å². The summed E-state index contributed by atoms with van der Waals surface area (Å²) in [4.78, 5) is 12.7. The van der Waals surface area contributed by atoms with Crippen molar-refractivity contribution in [3.05, 3.63) is 106 Å². The van der Waals surface area contributed by atoms with Crippen molar-refractivity contribution in [1.29, 1.82) is 0 Å². The summed E-state index contributed by atoms with van der Waals surface area (Å²) in [6.07, 6.45) is 0. The zero-order valence-electron chi connectivity index (χ0n) is 16.7. The van der Waals surface area contributed by atoms with Crippen LogP contribution in [0, 0.1) is 20.8 Å². The average molecular weight is 390 g/mol. The molecule has 3 rings (SSSR count). The topological polar surface area (TPSA) is 29.1 Å². The van der Waals surface area contributed by atoms with E-state index in [0.717, 1.165) is 16.9 Å². The Morgan fingerprint density at radius 3 is 2.21 bits per heavy atom. The van der Waals surface area contributed by atoms with Gasteiger partial charge in [0.2, 0.25) is 5.91 Å². The fourth-order valence-electron chi connectivity index (χ4n) is 3.51. The first-order chi connectivity index (χ1) is 13.5. The van der Waals surface area contributed by atoms with Gasteiger partial charge < -0.3 is 5.32 Å². The molecule has 0 aliphatic rings. The number of carbonyl (C=O) groups is 1. The van der Waals surface area contributed by atoms with Crippen LogP contribution in [0.2, 0.25) is 0 Å². The normalized spacial score (nSPS) is 11.8. The van der Waals surface area contributed by atoms with Gasteiger partial charge in [0.15, 0.2) is 0 Å². The zero-order valence-corrected chi connectivity index (χ0v) is 17.6. The fraction of sp³-hybridized carbons (Fsp3) is 0.240. The summed E-state index contributed by atoms with van der Waals surface area (Å²) in [7, 11) is 0. The third-order valence-electron chi connectivity index (χ3n) is 4.72. The van der Waals surface area contributed by atoms with Crippen LogP contribution in [0.3, 0.4) is 0 Å². The molecule has 3 aromatic carbocycles. The van der Waals surface area contributed by atoms with Gasteiger partial charge in [0.1, 0.15) is 0 Å². The Morgan fingerprint density at radius 1 is 0.893 bits per heavy atom. The lowest BCUT2D eigenvalue weighted by Crippen LogP contribution is -2.31. The highest BCUT2D eigenvalue weighted by Crippen LogP contribution is 2.25. The summed E-state index contributed by atoms with van der Waals surface area (Å²) in [6.45, 7) is 6.31. The number of rotatable bonds is 7. The zero-order chi connectivity index (χ0) is 19.9. The summed E-state index contributed by atoms with van der Waals surface area (Å²) in [6, 6.07) is 24.8. The number of hydrogen-bond acceptors (Lipinski definition) is 2. The molecule has 0 spiro atoms. The third kappa shape index (κ3) is 5.49. The first kappa shape index (κ1) is 20.2. The van der Waals surface area contributed by atoms with Gasteiger partial charge in [-0.05, 0) is 43.0 Å². The van der Waals surface area contributed by atoms with E-state index in [1.165, 1.54) is 22.3 Å². The van der Waals surface area contributed by atoms with E-state index in [9.17, 15) is 4.79 Å². The van der Waals surface area contributed by atoms with Gasteiger partial charge in [0.25, 0.3) is 0 Å². The van der Waals surface area contributed by atoms with Crippen molar-refractivity contribution in [3.63, 3.8) is 0 Å². The maximum absolute atomic E-state index is 12.7. The molecule has 0 aliphatic heterocycles. The van der Waals surface area contributed by atoms with Crippen LogP contribution in [-0.4, -0.2) is 11.7 Å². The predicted molar refractivity (Wildman–Crippen MR) is 120 cm³/mol. The second kappa shape index (κ2) is 9.61. The van der Waals surface area contributed by atoms with Crippen molar-refractivity contribution < 1.29 is 4.79 Å². The fourth-order valence-corrected chi connectivity index (χ4v) is 4.29. The van der Waals surface area contributed by atoms with Crippen LogP contribution in [-0.2, 0) is 10.5 Å². The van der Waals surface area contributed by atoms with Crippen molar-refractivity contribution in [2.24, 2.45) is 0 Å². The molecule has 0 aliphatic carbocycles. The first-order valence-corrected chi connectivity index (χ1v) is 10.7. The molecule has 2 nitrogen and oxygen atoms in total. The molecule has 0 aromatic heterocycles. The van der Waals surface area contributed by atoms with Gasteiger partial charge in [-0.2, -0.15) is 0 Å². The van der Waals surface area contributed by atoms with Crippen LogP contribution >= 0.6 is 11.8 Å². The van der Waals surface area contributed by atoms with Crippen LogP contribution in [0.15, 0.2) is 72.8 Å². The lowest BCUT2D eigenvalue weighted by molar-refractivity contribution is -0.119. The second-order valence-corrected chi connectivity index (χ2v) is 8.24. The van der Waals surface area contributed by atoms with E-state index in [0.29, 0.717) is 5.75 Å². The van der Waals surface area contributed by atoms with E-state index >= 15 is 0 Å². The lowest BCUT2D eigenvalue weighted by Gasteiger charge is -2.21. The van der Waals surface area contributed by atoms with E-state index in [1.807, 2.05) is 30.3 Å². The molecule has 1 atom stereocenters. The largest absolute Gasteiger partial charge is 0.344 e. The van der Waals surface area contributed by atoms with E-state index in [-0.39, 0.29) is 11.9 Å². The number of thioether (sulfide) groups is 1. The van der Waals surface area contributed by atoms with Gasteiger partial charge in [-0.15, -0.1) is 11.8 Å². The van der Waals surface area contributed by atoms with Gasteiger partial charge >= 0.3 is 0 Å². The number of benzene rings is 3. The number of aryl methyl sites for hydroxylation is 3. The summed E-state index contributed by atoms with van der Waals surface area (Å²) in [5, 5.41) is 3.24. The molecule has 144 valence electrons. The summed E-state index contributed by atoms with van der Waals surface area (Å²) in [5.41, 5.74) is 7.23. The molecule has 1 N–H and O–H groups in total. The van der Waals surface area contributed by atoms with Gasteiger partial charge in [-0.3, -0.25) is 4.79 Å². The van der Waals surface area contributed by atoms with Gasteiger partial charge in [-0.25, -0.2) is 0 Å². The summed E-state index contributed by atoms with van der Waals surface area (Å²) < 4.78 is 0. The van der Waals surface area contributed by atoms with Crippen molar-refractivity contribution in [3.8, 4) is 0 Å². The molecule has 0 saturated heterocycles. The first-order valence-electron chi connectivity index (χ1n) is 9.57. The molecule has 0 heterocycles. The highest BCUT2D eigenvalue weighted by atomic mass is 32.2. The Bertz CT molecular complexity index is 916. The lowest BCUT2D eigenvalue weighted by atomic mass is 9.95. The molecule has 0 radical (unpaired) electrons. The minimum atomic E-state index is -0.128. The molecule has 3 aromatic rings. The van der Waals surface area contributed by atoms with Gasteiger partial charge in [0, 0.05) is 5.75 Å². The Morgan fingerprint density at radius 2 is 1.54 bits per heavy atom.